The van der Waals surface area contributed by atoms with Gasteiger partial charge in [0.25, 0.3) is 0 Å². The third-order valence-electron chi connectivity index (χ3n) is 2.67. The SMILES string of the molecule is CC(C)[C@@H](NS(=O)(=O)c1cccc(C(F)(F)F)c1)C(=O)[O-]. The Balaban J connectivity index is 3.17. The van der Waals surface area contributed by atoms with Crippen molar-refractivity contribution in [3.05, 3.63) is 29.8 Å². The van der Waals surface area contributed by atoms with Crippen LogP contribution in [0.2, 0.25) is 0 Å². The lowest BCUT2D eigenvalue weighted by Gasteiger charge is -2.23. The predicted molar refractivity (Wildman–Crippen MR) is 65.4 cm³/mol. The van der Waals surface area contributed by atoms with Crippen LogP contribution in [0.1, 0.15) is 19.4 Å². The average Bonchev–Trinajstić information content (AvgIpc) is 2.34. The highest BCUT2D eigenvalue weighted by molar-refractivity contribution is 7.89. The quantitative estimate of drug-likeness (QED) is 0.866. The molecule has 1 rings (SSSR count). The summed E-state index contributed by atoms with van der Waals surface area (Å²) >= 11 is 0. The van der Waals surface area contributed by atoms with Gasteiger partial charge < -0.3 is 9.90 Å². The number of carbonyl (C=O) groups is 1. The first-order chi connectivity index (χ1) is 9.45. The van der Waals surface area contributed by atoms with Crippen LogP contribution < -0.4 is 9.83 Å². The van der Waals surface area contributed by atoms with Crippen LogP contribution in [0.15, 0.2) is 29.2 Å². The maximum absolute atomic E-state index is 12.6. The molecule has 0 saturated heterocycles. The summed E-state index contributed by atoms with van der Waals surface area (Å²) in [6, 6.07) is 1.50. The predicted octanol–water partition coefficient (Wildman–Crippen LogP) is 0.758. The van der Waals surface area contributed by atoms with Crippen LogP contribution in [0.4, 0.5) is 13.2 Å². The minimum absolute atomic E-state index is 0.439. The molecule has 0 spiro atoms. The van der Waals surface area contributed by atoms with Gasteiger partial charge in [-0.3, -0.25) is 0 Å². The Morgan fingerprint density at radius 3 is 2.29 bits per heavy atom. The maximum Gasteiger partial charge on any atom is 0.416 e. The van der Waals surface area contributed by atoms with Gasteiger partial charge in [0, 0.05) is 0 Å². The van der Waals surface area contributed by atoms with Crippen LogP contribution in [0, 0.1) is 5.92 Å². The third kappa shape index (κ3) is 4.43. The number of hydrogen-bond acceptors (Lipinski definition) is 4. The van der Waals surface area contributed by atoms with Crippen LogP contribution in [-0.2, 0) is 21.0 Å². The molecule has 9 heteroatoms. The molecule has 1 aromatic carbocycles. The molecule has 0 amide bonds. The van der Waals surface area contributed by atoms with E-state index in [1.165, 1.54) is 13.8 Å². The summed E-state index contributed by atoms with van der Waals surface area (Å²) in [5.74, 6) is -2.28. The van der Waals surface area contributed by atoms with E-state index < -0.39 is 44.6 Å². The molecular formula is C12H13F3NO4S-. The summed E-state index contributed by atoms with van der Waals surface area (Å²) in [5, 5.41) is 10.9. The Morgan fingerprint density at radius 1 is 1.29 bits per heavy atom. The Kier molecular flexibility index (Phi) is 5.00. The van der Waals surface area contributed by atoms with Crippen LogP contribution in [-0.4, -0.2) is 20.4 Å². The van der Waals surface area contributed by atoms with Crippen LogP contribution in [0.5, 0.6) is 0 Å². The fourth-order valence-corrected chi connectivity index (χ4v) is 2.91. The average molecular weight is 324 g/mol. The van der Waals surface area contributed by atoms with Crippen molar-refractivity contribution in [1.29, 1.82) is 0 Å². The number of aliphatic carboxylic acids is 1. The molecule has 0 aliphatic carbocycles. The second-order valence-corrected chi connectivity index (χ2v) is 6.40. The minimum Gasteiger partial charge on any atom is -0.548 e. The van der Waals surface area contributed by atoms with E-state index >= 15 is 0 Å². The van der Waals surface area contributed by atoms with Gasteiger partial charge in [-0.1, -0.05) is 19.9 Å². The molecule has 0 saturated carbocycles. The summed E-state index contributed by atoms with van der Waals surface area (Å²) in [6.45, 7) is 2.88. The van der Waals surface area contributed by atoms with Gasteiger partial charge in [-0.15, -0.1) is 0 Å². The highest BCUT2D eigenvalue weighted by Gasteiger charge is 2.32. The van der Waals surface area contributed by atoms with Crippen molar-refractivity contribution < 1.29 is 31.5 Å². The van der Waals surface area contributed by atoms with E-state index in [1.54, 1.807) is 0 Å². The van der Waals surface area contributed by atoms with Gasteiger partial charge in [-0.25, -0.2) is 13.1 Å². The molecular weight excluding hydrogens is 311 g/mol. The summed E-state index contributed by atoms with van der Waals surface area (Å²) in [4.78, 5) is 10.2. The zero-order chi connectivity index (χ0) is 16.4. The number of benzene rings is 1. The molecule has 1 atom stereocenters. The van der Waals surface area contributed by atoms with E-state index in [0.717, 1.165) is 18.2 Å². The lowest BCUT2D eigenvalue weighted by molar-refractivity contribution is -0.309. The molecule has 5 nitrogen and oxygen atoms in total. The van der Waals surface area contributed by atoms with E-state index in [4.69, 9.17) is 0 Å². The van der Waals surface area contributed by atoms with Crippen molar-refractivity contribution in [3.8, 4) is 0 Å². The van der Waals surface area contributed by atoms with Gasteiger partial charge in [0.05, 0.1) is 22.5 Å². The fraction of sp³-hybridized carbons (Fsp3) is 0.417. The molecule has 1 N–H and O–H groups in total. The topological polar surface area (TPSA) is 86.3 Å². The molecule has 0 unspecified atom stereocenters. The Hall–Kier alpha value is -1.61. The molecule has 0 fully saturated rings. The molecule has 0 aliphatic heterocycles. The lowest BCUT2D eigenvalue weighted by Crippen LogP contribution is -2.50. The van der Waals surface area contributed by atoms with Gasteiger partial charge in [0.1, 0.15) is 0 Å². The Bertz CT molecular complexity index is 626. The van der Waals surface area contributed by atoms with Crippen molar-refractivity contribution in [2.24, 2.45) is 5.92 Å². The number of carbonyl (C=O) groups excluding carboxylic acids is 1. The van der Waals surface area contributed by atoms with Crippen molar-refractivity contribution in [3.63, 3.8) is 0 Å². The van der Waals surface area contributed by atoms with Crippen molar-refractivity contribution in [1.82, 2.24) is 4.72 Å². The van der Waals surface area contributed by atoms with E-state index in [-0.39, 0.29) is 0 Å². The van der Waals surface area contributed by atoms with Gasteiger partial charge in [0.15, 0.2) is 0 Å². The number of carboxylic acids is 1. The van der Waals surface area contributed by atoms with E-state index in [0.29, 0.717) is 6.07 Å². The standard InChI is InChI=1S/C12H14F3NO4S/c1-7(2)10(11(17)18)16-21(19,20)9-5-3-4-8(6-9)12(13,14)15/h3-7,10,16H,1-2H3,(H,17,18)/p-1/t10-/m1/s1. The molecule has 0 radical (unpaired) electrons. The first-order valence-electron chi connectivity index (χ1n) is 5.85. The number of halogens is 3. The molecule has 1 aromatic rings. The Morgan fingerprint density at radius 2 is 1.86 bits per heavy atom. The molecule has 21 heavy (non-hydrogen) atoms. The van der Waals surface area contributed by atoms with Gasteiger partial charge in [0.2, 0.25) is 10.0 Å². The molecule has 0 aromatic heterocycles. The number of alkyl halides is 3. The first kappa shape index (κ1) is 17.4. The van der Waals surface area contributed by atoms with Crippen LogP contribution >= 0.6 is 0 Å². The number of hydrogen-bond donors (Lipinski definition) is 1. The van der Waals surface area contributed by atoms with Gasteiger partial charge >= 0.3 is 6.18 Å². The van der Waals surface area contributed by atoms with E-state index in [1.807, 2.05) is 4.72 Å². The fourth-order valence-electron chi connectivity index (χ4n) is 1.53. The summed E-state index contributed by atoms with van der Waals surface area (Å²) in [6.07, 6.45) is -4.70. The largest absolute Gasteiger partial charge is 0.548 e. The highest BCUT2D eigenvalue weighted by Crippen LogP contribution is 2.30. The monoisotopic (exact) mass is 324 g/mol. The summed E-state index contributed by atoms with van der Waals surface area (Å²) < 4.78 is 63.4. The zero-order valence-electron chi connectivity index (χ0n) is 11.1. The van der Waals surface area contributed by atoms with E-state index in [2.05, 4.69) is 0 Å². The van der Waals surface area contributed by atoms with Crippen molar-refractivity contribution in [2.75, 3.05) is 0 Å². The smallest absolute Gasteiger partial charge is 0.416 e. The summed E-state index contributed by atoms with van der Waals surface area (Å²) in [7, 11) is -4.40. The minimum atomic E-state index is -4.70. The first-order valence-corrected chi connectivity index (χ1v) is 7.34. The number of nitrogens with one attached hydrogen (secondary N) is 1. The number of carboxylic acid groups (broad SMARTS) is 1. The molecule has 0 heterocycles. The molecule has 0 bridgehead atoms. The second kappa shape index (κ2) is 6.02. The third-order valence-corrected chi connectivity index (χ3v) is 4.11. The maximum atomic E-state index is 12.6. The van der Waals surface area contributed by atoms with Crippen molar-refractivity contribution in [2.45, 2.75) is 31.0 Å². The van der Waals surface area contributed by atoms with Crippen molar-refractivity contribution >= 4 is 16.0 Å². The van der Waals surface area contributed by atoms with Crippen LogP contribution in [0.25, 0.3) is 0 Å². The van der Waals surface area contributed by atoms with Gasteiger partial charge in [-0.05, 0) is 24.1 Å². The molecule has 118 valence electrons. The summed E-state index contributed by atoms with van der Waals surface area (Å²) in [5.41, 5.74) is -1.14. The lowest BCUT2D eigenvalue weighted by atomic mass is 10.1. The Labute approximate surface area is 119 Å². The van der Waals surface area contributed by atoms with Gasteiger partial charge in [-0.2, -0.15) is 13.2 Å². The van der Waals surface area contributed by atoms with E-state index in [9.17, 15) is 31.5 Å². The highest BCUT2D eigenvalue weighted by atomic mass is 32.2. The zero-order valence-corrected chi connectivity index (χ0v) is 12.0. The van der Waals surface area contributed by atoms with Crippen LogP contribution in [0.3, 0.4) is 0 Å². The second-order valence-electron chi connectivity index (χ2n) is 4.69. The molecule has 0 aliphatic rings. The normalized spacial score (nSPS) is 14.2. The number of rotatable bonds is 5. The number of sulfonamides is 1.